The monoisotopic (exact) mass is 284 g/mol. The predicted octanol–water partition coefficient (Wildman–Crippen LogP) is 0.558. The second-order valence-corrected chi connectivity index (χ2v) is 5.14. The summed E-state index contributed by atoms with van der Waals surface area (Å²) in [5, 5.41) is 11.7. The average molecular weight is 284 g/mol. The summed E-state index contributed by atoms with van der Waals surface area (Å²) >= 11 is 1.07. The third-order valence-electron chi connectivity index (χ3n) is 2.69. The fourth-order valence-corrected chi connectivity index (χ4v) is 2.80. The van der Waals surface area contributed by atoms with Crippen molar-refractivity contribution in [3.8, 4) is 0 Å². The lowest BCUT2D eigenvalue weighted by molar-refractivity contribution is -0.141. The van der Waals surface area contributed by atoms with Crippen molar-refractivity contribution in [3.05, 3.63) is 10.6 Å². The number of anilines is 1. The fraction of sp³-hybridized carbons (Fsp3) is 0.455. The van der Waals surface area contributed by atoms with Gasteiger partial charge in [-0.2, -0.15) is 0 Å². The van der Waals surface area contributed by atoms with Crippen molar-refractivity contribution in [1.82, 2.24) is 4.98 Å². The number of carboxylic acid groups (broad SMARTS) is 1. The minimum absolute atomic E-state index is 0.0179. The first-order valence-corrected chi connectivity index (χ1v) is 6.37. The van der Waals surface area contributed by atoms with E-state index in [9.17, 15) is 14.4 Å². The molecule has 0 aromatic carbocycles. The van der Waals surface area contributed by atoms with E-state index < -0.39 is 11.9 Å². The molecule has 0 fully saturated rings. The number of rotatable bonds is 4. The molecule has 0 saturated heterocycles. The third kappa shape index (κ3) is 2.96. The second-order valence-electron chi connectivity index (χ2n) is 4.14. The van der Waals surface area contributed by atoms with Crippen LogP contribution in [0.2, 0.25) is 0 Å². The SMILES string of the molecule is COCC(=O)Nc1nc2c(s1)C(=O)CC(C(=O)O)C2. The van der Waals surface area contributed by atoms with E-state index in [1.165, 1.54) is 7.11 Å². The van der Waals surface area contributed by atoms with Gasteiger partial charge in [0.05, 0.1) is 16.5 Å². The molecule has 1 aromatic rings. The zero-order valence-electron chi connectivity index (χ0n) is 10.1. The Morgan fingerprint density at radius 1 is 1.53 bits per heavy atom. The van der Waals surface area contributed by atoms with Crippen molar-refractivity contribution >= 4 is 34.1 Å². The quantitative estimate of drug-likeness (QED) is 0.836. The number of nitrogens with zero attached hydrogens (tertiary/aromatic N) is 1. The molecule has 7 nitrogen and oxygen atoms in total. The molecule has 0 radical (unpaired) electrons. The molecule has 1 heterocycles. The van der Waals surface area contributed by atoms with Gasteiger partial charge in [0.25, 0.3) is 5.91 Å². The van der Waals surface area contributed by atoms with Crippen LogP contribution >= 0.6 is 11.3 Å². The van der Waals surface area contributed by atoms with Crippen LogP contribution < -0.4 is 5.32 Å². The second kappa shape index (κ2) is 5.45. The number of methoxy groups -OCH3 is 1. The number of carboxylic acids is 1. The van der Waals surface area contributed by atoms with E-state index in [0.717, 1.165) is 11.3 Å². The third-order valence-corrected chi connectivity index (χ3v) is 3.75. The summed E-state index contributed by atoms with van der Waals surface area (Å²) in [6.07, 6.45) is 0.197. The first-order valence-electron chi connectivity index (χ1n) is 5.55. The molecule has 1 aliphatic rings. The van der Waals surface area contributed by atoms with Gasteiger partial charge >= 0.3 is 5.97 Å². The summed E-state index contributed by atoms with van der Waals surface area (Å²) in [5.74, 6) is -2.34. The van der Waals surface area contributed by atoms with E-state index in [-0.39, 0.29) is 31.1 Å². The maximum Gasteiger partial charge on any atom is 0.307 e. The molecule has 102 valence electrons. The van der Waals surface area contributed by atoms with E-state index in [0.29, 0.717) is 15.7 Å². The van der Waals surface area contributed by atoms with Crippen molar-refractivity contribution in [2.45, 2.75) is 12.8 Å². The van der Waals surface area contributed by atoms with Gasteiger partial charge < -0.3 is 9.84 Å². The van der Waals surface area contributed by atoms with Crippen molar-refractivity contribution in [2.24, 2.45) is 5.92 Å². The van der Waals surface area contributed by atoms with Gasteiger partial charge in [-0.3, -0.25) is 19.7 Å². The maximum atomic E-state index is 11.8. The molecule has 1 aliphatic carbocycles. The standard InChI is InChI=1S/C11H12N2O5S/c1-18-4-8(15)13-11-12-6-2-5(10(16)17)3-7(14)9(6)19-11/h5H,2-4H2,1H3,(H,16,17)(H,12,13,15). The van der Waals surface area contributed by atoms with Gasteiger partial charge in [0, 0.05) is 20.0 Å². The Balaban J connectivity index is 2.17. The lowest BCUT2D eigenvalue weighted by Gasteiger charge is -2.15. The molecule has 19 heavy (non-hydrogen) atoms. The molecule has 0 spiro atoms. The molecule has 1 atom stereocenters. The van der Waals surface area contributed by atoms with Crippen LogP contribution in [-0.4, -0.2) is 41.5 Å². The molecular weight excluding hydrogens is 272 g/mol. The molecule has 2 rings (SSSR count). The highest BCUT2D eigenvalue weighted by atomic mass is 32.1. The number of Topliss-reactive ketones (excluding diaryl/α,β-unsaturated/α-hetero) is 1. The van der Waals surface area contributed by atoms with Crippen molar-refractivity contribution in [1.29, 1.82) is 0 Å². The number of aliphatic carboxylic acids is 1. The molecule has 0 aliphatic heterocycles. The van der Waals surface area contributed by atoms with Crippen LogP contribution in [0.25, 0.3) is 0 Å². The number of carbonyl (C=O) groups excluding carboxylic acids is 2. The van der Waals surface area contributed by atoms with E-state index in [4.69, 9.17) is 5.11 Å². The van der Waals surface area contributed by atoms with E-state index in [2.05, 4.69) is 15.0 Å². The molecule has 0 saturated carbocycles. The average Bonchev–Trinajstić information content (AvgIpc) is 2.72. The predicted molar refractivity (Wildman–Crippen MR) is 66.4 cm³/mol. The van der Waals surface area contributed by atoms with Gasteiger partial charge in [-0.05, 0) is 0 Å². The summed E-state index contributed by atoms with van der Waals surface area (Å²) in [6, 6.07) is 0. The van der Waals surface area contributed by atoms with E-state index >= 15 is 0 Å². The molecule has 1 unspecified atom stereocenters. The molecule has 1 aromatic heterocycles. The van der Waals surface area contributed by atoms with E-state index in [1.807, 2.05) is 0 Å². The topological polar surface area (TPSA) is 106 Å². The van der Waals surface area contributed by atoms with Crippen molar-refractivity contribution in [3.63, 3.8) is 0 Å². The zero-order chi connectivity index (χ0) is 14.0. The van der Waals surface area contributed by atoms with Crippen LogP contribution in [0.4, 0.5) is 5.13 Å². The number of aromatic nitrogens is 1. The zero-order valence-corrected chi connectivity index (χ0v) is 11.0. The van der Waals surface area contributed by atoms with Gasteiger partial charge in [0.2, 0.25) is 0 Å². The van der Waals surface area contributed by atoms with Crippen molar-refractivity contribution in [2.75, 3.05) is 19.0 Å². The highest BCUT2D eigenvalue weighted by Crippen LogP contribution is 2.32. The summed E-state index contributed by atoms with van der Waals surface area (Å²) in [4.78, 5) is 38.6. The van der Waals surface area contributed by atoms with Crippen LogP contribution in [0, 0.1) is 5.92 Å². The first-order chi connectivity index (χ1) is 9.01. The highest BCUT2D eigenvalue weighted by Gasteiger charge is 2.32. The van der Waals surface area contributed by atoms with Gasteiger partial charge in [-0.15, -0.1) is 0 Å². The molecular formula is C11H12N2O5S. The van der Waals surface area contributed by atoms with Crippen molar-refractivity contribution < 1.29 is 24.2 Å². The number of ether oxygens (including phenoxy) is 1. The highest BCUT2D eigenvalue weighted by molar-refractivity contribution is 7.17. The smallest absolute Gasteiger partial charge is 0.307 e. The molecule has 2 N–H and O–H groups in total. The Morgan fingerprint density at radius 3 is 2.89 bits per heavy atom. The van der Waals surface area contributed by atoms with Crippen LogP contribution in [0.15, 0.2) is 0 Å². The number of nitrogens with one attached hydrogen (secondary N) is 1. The number of amides is 1. The largest absolute Gasteiger partial charge is 0.481 e. The van der Waals surface area contributed by atoms with Gasteiger partial charge in [0.1, 0.15) is 6.61 Å². The van der Waals surface area contributed by atoms with Crippen LogP contribution in [0.1, 0.15) is 21.8 Å². The number of carbonyl (C=O) groups is 3. The molecule has 0 bridgehead atoms. The Kier molecular flexibility index (Phi) is 3.91. The summed E-state index contributed by atoms with van der Waals surface area (Å²) < 4.78 is 4.67. The number of thiazole rings is 1. The number of fused-ring (bicyclic) bond motifs is 1. The van der Waals surface area contributed by atoms with E-state index in [1.54, 1.807) is 0 Å². The van der Waals surface area contributed by atoms with Gasteiger partial charge in [-0.25, -0.2) is 4.98 Å². The van der Waals surface area contributed by atoms with Gasteiger partial charge in [-0.1, -0.05) is 11.3 Å². The minimum atomic E-state index is -1.00. The Hall–Kier alpha value is -1.80. The normalized spacial score (nSPS) is 17.9. The van der Waals surface area contributed by atoms with Crippen LogP contribution in [0.3, 0.4) is 0 Å². The fourth-order valence-electron chi connectivity index (χ4n) is 1.84. The minimum Gasteiger partial charge on any atom is -0.481 e. The Bertz CT molecular complexity index is 539. The van der Waals surface area contributed by atoms with Gasteiger partial charge in [0.15, 0.2) is 10.9 Å². The Labute approximate surface area is 112 Å². The molecule has 8 heteroatoms. The first kappa shape index (κ1) is 13.6. The number of ketones is 1. The van der Waals surface area contributed by atoms with Crippen LogP contribution in [-0.2, 0) is 20.7 Å². The maximum absolute atomic E-state index is 11.8. The lowest BCUT2D eigenvalue weighted by atomic mass is 9.90. The summed E-state index contributed by atoms with van der Waals surface area (Å²) in [5.41, 5.74) is 0.446. The summed E-state index contributed by atoms with van der Waals surface area (Å²) in [6.45, 7) is -0.101. The number of hydrogen-bond donors (Lipinski definition) is 2. The number of hydrogen-bond acceptors (Lipinski definition) is 6. The molecule has 1 amide bonds. The van der Waals surface area contributed by atoms with Crippen LogP contribution in [0.5, 0.6) is 0 Å². The Morgan fingerprint density at radius 2 is 2.26 bits per heavy atom. The lowest BCUT2D eigenvalue weighted by Crippen LogP contribution is -2.25. The summed E-state index contributed by atoms with van der Waals surface area (Å²) in [7, 11) is 1.40.